The highest BCUT2D eigenvalue weighted by atomic mass is 16.5. The molecule has 0 bridgehead atoms. The molecule has 2 aromatic rings. The van der Waals surface area contributed by atoms with Gasteiger partial charge in [0.05, 0.1) is 12.2 Å². The van der Waals surface area contributed by atoms with Crippen molar-refractivity contribution >= 4 is 17.6 Å². The third-order valence-corrected chi connectivity index (χ3v) is 3.11. The molecule has 0 aliphatic carbocycles. The maximum absolute atomic E-state index is 12.0. The third-order valence-electron chi connectivity index (χ3n) is 3.11. The highest BCUT2D eigenvalue weighted by Gasteiger charge is 2.11. The molecule has 0 fully saturated rings. The summed E-state index contributed by atoms with van der Waals surface area (Å²) in [6.45, 7) is 2.01. The standard InChI is InChI=1S/C18H19NO4/c1-13-5-3-8-16(9-13)19-17(20)12-23-18(21)15-7-4-6-14(10-15)11-22-2/h3-10H,11-12H2,1-2H3,(H,19,20). The van der Waals surface area contributed by atoms with Crippen molar-refractivity contribution in [2.75, 3.05) is 19.0 Å². The lowest BCUT2D eigenvalue weighted by Gasteiger charge is -2.08. The fourth-order valence-corrected chi connectivity index (χ4v) is 2.09. The molecule has 2 rings (SSSR count). The summed E-state index contributed by atoms with van der Waals surface area (Å²) in [6, 6.07) is 14.3. The van der Waals surface area contributed by atoms with Crippen molar-refractivity contribution in [1.29, 1.82) is 0 Å². The Morgan fingerprint density at radius 3 is 2.61 bits per heavy atom. The van der Waals surface area contributed by atoms with Gasteiger partial charge >= 0.3 is 5.97 Å². The maximum atomic E-state index is 12.0. The predicted octanol–water partition coefficient (Wildman–Crippen LogP) is 2.94. The van der Waals surface area contributed by atoms with Crippen molar-refractivity contribution in [2.45, 2.75) is 13.5 Å². The van der Waals surface area contributed by atoms with Crippen molar-refractivity contribution in [2.24, 2.45) is 0 Å². The molecule has 0 heterocycles. The van der Waals surface area contributed by atoms with Gasteiger partial charge in [0, 0.05) is 12.8 Å². The van der Waals surface area contributed by atoms with Crippen LogP contribution in [-0.2, 0) is 20.9 Å². The van der Waals surface area contributed by atoms with Crippen LogP contribution >= 0.6 is 0 Å². The van der Waals surface area contributed by atoms with Gasteiger partial charge in [-0.25, -0.2) is 4.79 Å². The van der Waals surface area contributed by atoms with E-state index in [-0.39, 0.29) is 12.5 Å². The number of anilines is 1. The molecule has 120 valence electrons. The SMILES string of the molecule is COCc1cccc(C(=O)OCC(=O)Nc2cccc(C)c2)c1. The average Bonchev–Trinajstić information content (AvgIpc) is 2.53. The molecular formula is C18H19NO4. The van der Waals surface area contributed by atoms with Gasteiger partial charge in [-0.15, -0.1) is 0 Å². The Morgan fingerprint density at radius 2 is 1.87 bits per heavy atom. The first kappa shape index (κ1) is 16.7. The minimum absolute atomic E-state index is 0.332. The number of carbonyl (C=O) groups is 2. The smallest absolute Gasteiger partial charge is 0.338 e. The summed E-state index contributed by atoms with van der Waals surface area (Å²) in [5.41, 5.74) is 2.97. The minimum atomic E-state index is -0.539. The summed E-state index contributed by atoms with van der Waals surface area (Å²) in [7, 11) is 1.58. The molecule has 0 unspecified atom stereocenters. The molecule has 0 aliphatic heterocycles. The molecule has 0 spiro atoms. The van der Waals surface area contributed by atoms with Crippen LogP contribution in [0.1, 0.15) is 21.5 Å². The van der Waals surface area contributed by atoms with Gasteiger partial charge in [0.25, 0.3) is 5.91 Å². The van der Waals surface area contributed by atoms with Crippen LogP contribution in [0.3, 0.4) is 0 Å². The zero-order valence-corrected chi connectivity index (χ0v) is 13.2. The van der Waals surface area contributed by atoms with E-state index >= 15 is 0 Å². The predicted molar refractivity (Wildman–Crippen MR) is 87.2 cm³/mol. The second kappa shape index (κ2) is 8.10. The Bertz CT molecular complexity index is 697. The highest BCUT2D eigenvalue weighted by Crippen LogP contribution is 2.10. The number of carbonyl (C=O) groups excluding carboxylic acids is 2. The van der Waals surface area contributed by atoms with E-state index in [9.17, 15) is 9.59 Å². The monoisotopic (exact) mass is 313 g/mol. The second-order valence-electron chi connectivity index (χ2n) is 5.13. The number of ether oxygens (including phenoxy) is 2. The van der Waals surface area contributed by atoms with E-state index in [0.29, 0.717) is 17.9 Å². The summed E-state index contributed by atoms with van der Waals surface area (Å²) < 4.78 is 10.1. The zero-order chi connectivity index (χ0) is 16.7. The van der Waals surface area contributed by atoms with Crippen LogP contribution in [0, 0.1) is 6.92 Å². The summed E-state index contributed by atoms with van der Waals surface area (Å²) >= 11 is 0. The van der Waals surface area contributed by atoms with E-state index in [4.69, 9.17) is 9.47 Å². The number of methoxy groups -OCH3 is 1. The minimum Gasteiger partial charge on any atom is -0.452 e. The lowest BCUT2D eigenvalue weighted by molar-refractivity contribution is -0.119. The Labute approximate surface area is 135 Å². The van der Waals surface area contributed by atoms with Crippen LogP contribution in [0.2, 0.25) is 0 Å². The number of amides is 1. The number of benzene rings is 2. The van der Waals surface area contributed by atoms with Crippen molar-refractivity contribution in [3.05, 3.63) is 65.2 Å². The summed E-state index contributed by atoms with van der Waals surface area (Å²) in [4.78, 5) is 23.8. The van der Waals surface area contributed by atoms with E-state index in [2.05, 4.69) is 5.32 Å². The third kappa shape index (κ3) is 5.23. The summed E-state index contributed by atoms with van der Waals surface area (Å²) in [6.07, 6.45) is 0. The molecule has 0 saturated carbocycles. The van der Waals surface area contributed by atoms with Crippen molar-refractivity contribution in [1.82, 2.24) is 0 Å². The molecule has 5 heteroatoms. The lowest BCUT2D eigenvalue weighted by Crippen LogP contribution is -2.21. The van der Waals surface area contributed by atoms with Gasteiger partial charge in [0.1, 0.15) is 0 Å². The van der Waals surface area contributed by atoms with Gasteiger partial charge in [0.15, 0.2) is 6.61 Å². The fourth-order valence-electron chi connectivity index (χ4n) is 2.09. The largest absolute Gasteiger partial charge is 0.452 e. The van der Waals surface area contributed by atoms with Gasteiger partial charge in [-0.3, -0.25) is 4.79 Å². The molecule has 0 atom stereocenters. The number of esters is 1. The summed E-state index contributed by atoms with van der Waals surface area (Å²) in [5, 5.41) is 2.69. The number of aryl methyl sites for hydroxylation is 1. The molecule has 1 amide bonds. The average molecular weight is 313 g/mol. The molecule has 23 heavy (non-hydrogen) atoms. The molecule has 5 nitrogen and oxygen atoms in total. The van der Waals surface area contributed by atoms with Gasteiger partial charge in [0.2, 0.25) is 0 Å². The molecule has 0 aromatic heterocycles. The van der Waals surface area contributed by atoms with Crippen molar-refractivity contribution in [3.63, 3.8) is 0 Å². The van der Waals surface area contributed by atoms with Crippen LogP contribution < -0.4 is 5.32 Å². The molecule has 0 aliphatic rings. The van der Waals surface area contributed by atoms with E-state index in [1.807, 2.05) is 31.2 Å². The van der Waals surface area contributed by atoms with Crippen LogP contribution in [0.25, 0.3) is 0 Å². The van der Waals surface area contributed by atoms with Gasteiger partial charge in [-0.2, -0.15) is 0 Å². The van der Waals surface area contributed by atoms with Gasteiger partial charge in [-0.1, -0.05) is 24.3 Å². The molecule has 1 N–H and O–H groups in total. The zero-order valence-electron chi connectivity index (χ0n) is 13.2. The van der Waals surface area contributed by atoms with E-state index in [1.165, 1.54) is 0 Å². The van der Waals surface area contributed by atoms with Crippen molar-refractivity contribution in [3.8, 4) is 0 Å². The number of nitrogens with one attached hydrogen (secondary N) is 1. The maximum Gasteiger partial charge on any atom is 0.338 e. The molecule has 2 aromatic carbocycles. The highest BCUT2D eigenvalue weighted by molar-refractivity contribution is 5.95. The number of rotatable bonds is 6. The Balaban J connectivity index is 1.88. The van der Waals surface area contributed by atoms with Gasteiger partial charge in [-0.05, 0) is 42.3 Å². The first-order chi connectivity index (χ1) is 11.1. The number of hydrogen-bond acceptors (Lipinski definition) is 4. The van der Waals surface area contributed by atoms with Crippen LogP contribution in [0.4, 0.5) is 5.69 Å². The quantitative estimate of drug-likeness (QED) is 0.833. The molecular weight excluding hydrogens is 294 g/mol. The molecule has 0 radical (unpaired) electrons. The number of hydrogen-bond donors (Lipinski definition) is 1. The van der Waals surface area contributed by atoms with Crippen LogP contribution in [0.15, 0.2) is 48.5 Å². The Kier molecular flexibility index (Phi) is 5.88. The second-order valence-corrected chi connectivity index (χ2v) is 5.13. The van der Waals surface area contributed by atoms with E-state index in [0.717, 1.165) is 11.1 Å². The first-order valence-electron chi connectivity index (χ1n) is 7.20. The normalized spacial score (nSPS) is 10.2. The summed E-state index contributed by atoms with van der Waals surface area (Å²) in [5.74, 6) is -0.917. The molecule has 0 saturated heterocycles. The fraction of sp³-hybridized carbons (Fsp3) is 0.222. The first-order valence-corrected chi connectivity index (χ1v) is 7.20. The topological polar surface area (TPSA) is 64.6 Å². The Morgan fingerprint density at radius 1 is 1.09 bits per heavy atom. The van der Waals surface area contributed by atoms with Crippen LogP contribution in [0.5, 0.6) is 0 Å². The van der Waals surface area contributed by atoms with Crippen molar-refractivity contribution < 1.29 is 19.1 Å². The Hall–Kier alpha value is -2.66. The lowest BCUT2D eigenvalue weighted by atomic mass is 10.1. The van der Waals surface area contributed by atoms with Crippen LogP contribution in [-0.4, -0.2) is 25.6 Å². The van der Waals surface area contributed by atoms with Gasteiger partial charge < -0.3 is 14.8 Å². The van der Waals surface area contributed by atoms with E-state index < -0.39 is 5.97 Å². The van der Waals surface area contributed by atoms with E-state index in [1.54, 1.807) is 31.4 Å².